The third kappa shape index (κ3) is 3.83. The maximum atomic E-state index is 13.9. The molecule has 0 saturated heterocycles. The number of fused-ring (bicyclic) bond motifs is 4. The number of carbonyl (C=O) groups is 2. The smallest absolute Gasteiger partial charge is 0.415 e. The molecule has 2 unspecified atom stereocenters. The van der Waals surface area contributed by atoms with Crippen LogP contribution in [0.25, 0.3) is 10.9 Å². The molecule has 0 radical (unpaired) electrons. The van der Waals surface area contributed by atoms with Crippen molar-refractivity contribution in [2.45, 2.75) is 38.8 Å². The minimum Gasteiger partial charge on any atom is -0.461 e. The maximum Gasteiger partial charge on any atom is 0.415 e. The first-order valence-electron chi connectivity index (χ1n) is 12.4. The fraction of sp³-hybridized carbons (Fsp3) is 0.233. The first-order valence-corrected chi connectivity index (χ1v) is 12.7. The van der Waals surface area contributed by atoms with Gasteiger partial charge in [-0.15, -0.1) is 0 Å². The van der Waals surface area contributed by atoms with Crippen LogP contribution in [-0.2, 0) is 16.1 Å². The van der Waals surface area contributed by atoms with E-state index in [1.807, 2.05) is 73.7 Å². The van der Waals surface area contributed by atoms with Crippen molar-refractivity contribution in [2.24, 2.45) is 0 Å². The summed E-state index contributed by atoms with van der Waals surface area (Å²) < 4.78 is 11.3. The van der Waals surface area contributed by atoms with Gasteiger partial charge in [0.1, 0.15) is 6.61 Å². The summed E-state index contributed by atoms with van der Waals surface area (Å²) in [7, 11) is 0. The van der Waals surface area contributed by atoms with E-state index < -0.39 is 12.1 Å². The van der Waals surface area contributed by atoms with E-state index in [1.165, 1.54) is 0 Å². The zero-order chi connectivity index (χ0) is 25.7. The third-order valence-corrected chi connectivity index (χ3v) is 7.51. The summed E-state index contributed by atoms with van der Waals surface area (Å²) in [6.45, 7) is 4.11. The van der Waals surface area contributed by atoms with Crippen LogP contribution in [0.15, 0.2) is 66.7 Å². The number of rotatable bonds is 4. The Kier molecular flexibility index (Phi) is 5.84. The van der Waals surface area contributed by atoms with E-state index in [0.29, 0.717) is 28.2 Å². The largest absolute Gasteiger partial charge is 0.461 e. The number of amides is 1. The van der Waals surface area contributed by atoms with E-state index in [1.54, 1.807) is 11.8 Å². The van der Waals surface area contributed by atoms with Gasteiger partial charge >= 0.3 is 12.1 Å². The van der Waals surface area contributed by atoms with E-state index in [9.17, 15) is 9.59 Å². The van der Waals surface area contributed by atoms with Crippen molar-refractivity contribution < 1.29 is 19.1 Å². The summed E-state index contributed by atoms with van der Waals surface area (Å²) in [5, 5.41) is 1.38. The Morgan fingerprint density at radius 3 is 2.62 bits per heavy atom. The van der Waals surface area contributed by atoms with Gasteiger partial charge in [0.05, 0.1) is 23.9 Å². The lowest BCUT2D eigenvalue weighted by Gasteiger charge is -2.36. The van der Waals surface area contributed by atoms with Crippen LogP contribution in [0.3, 0.4) is 0 Å². The van der Waals surface area contributed by atoms with Crippen LogP contribution in [0, 0.1) is 6.92 Å². The number of aromatic nitrogens is 1. The van der Waals surface area contributed by atoms with Crippen molar-refractivity contribution in [2.75, 3.05) is 11.5 Å². The van der Waals surface area contributed by atoms with E-state index in [0.717, 1.165) is 27.6 Å². The first-order chi connectivity index (χ1) is 18.0. The van der Waals surface area contributed by atoms with Gasteiger partial charge in [-0.3, -0.25) is 4.90 Å². The van der Waals surface area contributed by atoms with E-state index in [4.69, 9.17) is 26.1 Å². The highest BCUT2D eigenvalue weighted by Gasteiger charge is 2.49. The van der Waals surface area contributed by atoms with Crippen LogP contribution in [-0.4, -0.2) is 23.7 Å². The van der Waals surface area contributed by atoms with E-state index >= 15 is 0 Å². The van der Waals surface area contributed by atoms with Gasteiger partial charge in [-0.25, -0.2) is 14.6 Å². The fourth-order valence-corrected chi connectivity index (χ4v) is 5.98. The van der Waals surface area contributed by atoms with Crippen LogP contribution in [0.2, 0.25) is 5.02 Å². The molecular formula is C30H25ClN2O4. The number of esters is 1. The minimum atomic E-state index is -0.507. The molecule has 0 spiro atoms. The summed E-state index contributed by atoms with van der Waals surface area (Å²) in [5.41, 5.74) is 5.96. The molecule has 2 bridgehead atoms. The number of nitrogens with zero attached hydrogens (tertiary/aromatic N) is 2. The molecule has 1 aliphatic carbocycles. The number of halogens is 1. The summed E-state index contributed by atoms with van der Waals surface area (Å²) in [6.07, 6.45) is 0.0860. The maximum absolute atomic E-state index is 13.9. The second-order valence-electron chi connectivity index (χ2n) is 9.42. The van der Waals surface area contributed by atoms with Gasteiger partial charge < -0.3 is 9.47 Å². The molecule has 186 valence electrons. The standard InChI is InChI=1S/C30H25ClN2O4/c1-3-36-29(34)27-26-20-15-24(25-19(20)10-7-11-22(25)31)33(30(35)37-16-18-8-5-4-6-9-18)28(26)21-14-17(2)12-13-23(21)32-27/h4-14,20,24H,3,15-16H2,1-2H3. The molecule has 0 fully saturated rings. The molecule has 2 aliphatic rings. The Hall–Kier alpha value is -3.90. The lowest BCUT2D eigenvalue weighted by atomic mass is 9.86. The molecule has 7 heteroatoms. The van der Waals surface area contributed by atoms with Gasteiger partial charge in [-0.2, -0.15) is 0 Å². The van der Waals surface area contributed by atoms with E-state index in [2.05, 4.69) is 0 Å². The highest BCUT2D eigenvalue weighted by Crippen LogP contribution is 2.58. The Morgan fingerprint density at radius 1 is 1.03 bits per heavy atom. The number of pyridine rings is 1. The highest BCUT2D eigenvalue weighted by molar-refractivity contribution is 6.31. The quantitative estimate of drug-likeness (QED) is 0.273. The highest BCUT2D eigenvalue weighted by atomic mass is 35.5. The van der Waals surface area contributed by atoms with Crippen molar-refractivity contribution in [1.29, 1.82) is 0 Å². The second kappa shape index (κ2) is 9.20. The Bertz CT molecular complexity index is 1550. The molecule has 6 rings (SSSR count). The van der Waals surface area contributed by atoms with Crippen molar-refractivity contribution in [1.82, 2.24) is 4.98 Å². The predicted octanol–water partition coefficient (Wildman–Crippen LogP) is 7.11. The molecule has 37 heavy (non-hydrogen) atoms. The number of anilines is 1. The van der Waals surface area contributed by atoms with Crippen LogP contribution in [0.5, 0.6) is 0 Å². The Labute approximate surface area is 219 Å². The monoisotopic (exact) mass is 512 g/mol. The fourth-order valence-electron chi connectivity index (χ4n) is 5.67. The average molecular weight is 513 g/mol. The van der Waals surface area contributed by atoms with Crippen LogP contribution < -0.4 is 4.90 Å². The van der Waals surface area contributed by atoms with Gasteiger partial charge in [0.25, 0.3) is 0 Å². The van der Waals surface area contributed by atoms with Crippen molar-refractivity contribution in [3.05, 3.63) is 105 Å². The van der Waals surface area contributed by atoms with Crippen LogP contribution >= 0.6 is 11.6 Å². The number of aryl methyl sites for hydroxylation is 1. The summed E-state index contributed by atoms with van der Waals surface area (Å²) in [6, 6.07) is 20.8. The molecule has 4 aromatic rings. The summed E-state index contributed by atoms with van der Waals surface area (Å²) in [4.78, 5) is 33.6. The van der Waals surface area contributed by atoms with Gasteiger partial charge in [-0.05, 0) is 55.2 Å². The molecule has 1 aromatic heterocycles. The molecule has 2 atom stereocenters. The van der Waals surface area contributed by atoms with Crippen molar-refractivity contribution in [3.8, 4) is 0 Å². The molecule has 3 aromatic carbocycles. The average Bonchev–Trinajstić information content (AvgIpc) is 3.23. The van der Waals surface area contributed by atoms with Crippen molar-refractivity contribution in [3.63, 3.8) is 0 Å². The lowest BCUT2D eigenvalue weighted by molar-refractivity contribution is 0.0517. The molecule has 0 N–H and O–H groups in total. The van der Waals surface area contributed by atoms with Crippen molar-refractivity contribution >= 4 is 40.3 Å². The third-order valence-electron chi connectivity index (χ3n) is 7.18. The summed E-state index contributed by atoms with van der Waals surface area (Å²) in [5.74, 6) is -0.656. The Morgan fingerprint density at radius 2 is 1.84 bits per heavy atom. The zero-order valence-corrected chi connectivity index (χ0v) is 21.3. The number of benzene rings is 3. The number of ether oxygens (including phenoxy) is 2. The second-order valence-corrected chi connectivity index (χ2v) is 9.83. The van der Waals surface area contributed by atoms with Gasteiger partial charge in [0, 0.05) is 21.9 Å². The van der Waals surface area contributed by atoms with Crippen LogP contribution in [0.1, 0.15) is 63.6 Å². The number of hydrogen-bond acceptors (Lipinski definition) is 5. The van der Waals surface area contributed by atoms with Gasteiger partial charge in [0.15, 0.2) is 5.69 Å². The predicted molar refractivity (Wildman–Crippen MR) is 142 cm³/mol. The van der Waals surface area contributed by atoms with Gasteiger partial charge in [0.2, 0.25) is 0 Å². The number of hydrogen-bond donors (Lipinski definition) is 0. The molecule has 6 nitrogen and oxygen atoms in total. The topological polar surface area (TPSA) is 68.7 Å². The Balaban J connectivity index is 1.59. The minimum absolute atomic E-state index is 0.129. The number of carbonyl (C=O) groups excluding carboxylic acids is 2. The zero-order valence-electron chi connectivity index (χ0n) is 20.5. The molecule has 2 heterocycles. The molecule has 1 amide bonds. The molecule has 0 saturated carbocycles. The normalized spacial score (nSPS) is 17.3. The molecule has 1 aliphatic heterocycles. The lowest BCUT2D eigenvalue weighted by Crippen LogP contribution is -2.38. The van der Waals surface area contributed by atoms with E-state index in [-0.39, 0.29) is 30.9 Å². The SMILES string of the molecule is CCOC(=O)c1nc2ccc(C)cc2c2c1C1CC(c3c(Cl)cccc31)N2C(=O)OCc1ccccc1. The summed E-state index contributed by atoms with van der Waals surface area (Å²) >= 11 is 6.73. The first kappa shape index (κ1) is 23.5. The van der Waals surface area contributed by atoms with Gasteiger partial charge in [-0.1, -0.05) is 65.7 Å². The van der Waals surface area contributed by atoms with Crippen LogP contribution in [0.4, 0.5) is 10.5 Å². The molecular weight excluding hydrogens is 488 g/mol.